The molecule has 2 heterocycles. The molecular weight excluding hydrogens is 366 g/mol. The first-order valence-corrected chi connectivity index (χ1v) is 9.94. The van der Waals surface area contributed by atoms with Crippen LogP contribution in [0.15, 0.2) is 66.9 Å². The zero-order valence-electron chi connectivity index (χ0n) is 15.8. The summed E-state index contributed by atoms with van der Waals surface area (Å²) in [6.07, 6.45) is 6.84. The Morgan fingerprint density at radius 1 is 1.00 bits per heavy atom. The Balaban J connectivity index is 1.46. The molecule has 1 aromatic carbocycles. The van der Waals surface area contributed by atoms with Crippen molar-refractivity contribution >= 4 is 23.5 Å². The Hall–Kier alpha value is -3.28. The van der Waals surface area contributed by atoms with Crippen molar-refractivity contribution in [1.29, 1.82) is 0 Å². The molecule has 1 saturated carbocycles. The van der Waals surface area contributed by atoms with E-state index < -0.39 is 11.9 Å². The van der Waals surface area contributed by atoms with Crippen LogP contribution in [0.3, 0.4) is 0 Å². The summed E-state index contributed by atoms with van der Waals surface area (Å²) < 4.78 is 0. The van der Waals surface area contributed by atoms with Gasteiger partial charge in [-0.3, -0.25) is 19.3 Å². The number of anilines is 1. The maximum atomic E-state index is 13.3. The van der Waals surface area contributed by atoms with E-state index in [1.54, 1.807) is 24.4 Å². The topological polar surface area (TPSA) is 79.4 Å². The van der Waals surface area contributed by atoms with Gasteiger partial charge in [0.05, 0.1) is 11.8 Å². The van der Waals surface area contributed by atoms with Gasteiger partial charge < -0.3 is 5.32 Å². The molecule has 0 spiro atoms. The highest BCUT2D eigenvalue weighted by atomic mass is 16.2. The van der Waals surface area contributed by atoms with Crippen molar-refractivity contribution in [1.82, 2.24) is 9.88 Å². The van der Waals surface area contributed by atoms with E-state index in [1.165, 1.54) is 4.90 Å². The van der Waals surface area contributed by atoms with Crippen LogP contribution in [-0.4, -0.2) is 33.6 Å². The number of hydrogen-bond donors (Lipinski definition) is 1. The summed E-state index contributed by atoms with van der Waals surface area (Å²) in [6.45, 7) is 0. The standard InChI is InChI=1S/C23H21N3O3/c27-21(25-18-8-4-5-11-24-18)17(12-14-6-2-1-3-7-14)26-22(28)19-15-9-10-16(13-15)20(19)23(26)29/h1-11,15-17,19-20H,12-13H2,(H,24,25,27). The zero-order valence-corrected chi connectivity index (χ0v) is 15.8. The van der Waals surface area contributed by atoms with Crippen LogP contribution in [-0.2, 0) is 20.8 Å². The number of carbonyl (C=O) groups is 3. The molecule has 1 saturated heterocycles. The predicted molar refractivity (Wildman–Crippen MR) is 106 cm³/mol. The maximum absolute atomic E-state index is 13.3. The minimum Gasteiger partial charge on any atom is -0.309 e. The molecule has 3 amide bonds. The van der Waals surface area contributed by atoms with E-state index in [0.29, 0.717) is 5.82 Å². The molecule has 1 N–H and O–H groups in total. The summed E-state index contributed by atoms with van der Waals surface area (Å²) >= 11 is 0. The van der Waals surface area contributed by atoms with E-state index in [2.05, 4.69) is 22.5 Å². The Bertz CT molecular complexity index is 959. The van der Waals surface area contributed by atoms with Crippen LogP contribution < -0.4 is 5.32 Å². The lowest BCUT2D eigenvalue weighted by atomic mass is 9.85. The molecule has 146 valence electrons. The average molecular weight is 387 g/mol. The van der Waals surface area contributed by atoms with Crippen molar-refractivity contribution in [3.63, 3.8) is 0 Å². The Labute approximate surface area is 168 Å². The summed E-state index contributed by atoms with van der Waals surface area (Å²) in [5.74, 6) is -0.837. The van der Waals surface area contributed by atoms with Crippen molar-refractivity contribution in [2.45, 2.75) is 18.9 Å². The second-order valence-corrected chi connectivity index (χ2v) is 7.96. The highest BCUT2D eigenvalue weighted by molar-refractivity contribution is 6.10. The lowest BCUT2D eigenvalue weighted by molar-refractivity contribution is -0.147. The van der Waals surface area contributed by atoms with Gasteiger partial charge in [-0.1, -0.05) is 48.6 Å². The van der Waals surface area contributed by atoms with Gasteiger partial charge >= 0.3 is 0 Å². The van der Waals surface area contributed by atoms with E-state index in [9.17, 15) is 14.4 Å². The van der Waals surface area contributed by atoms with Crippen LogP contribution in [0.1, 0.15) is 12.0 Å². The van der Waals surface area contributed by atoms with Crippen LogP contribution in [0.25, 0.3) is 0 Å². The third-order valence-corrected chi connectivity index (χ3v) is 6.31. The van der Waals surface area contributed by atoms with Crippen molar-refractivity contribution in [2.75, 3.05) is 5.32 Å². The van der Waals surface area contributed by atoms with Crippen molar-refractivity contribution in [2.24, 2.45) is 23.7 Å². The molecule has 5 atom stereocenters. The average Bonchev–Trinajstić information content (AvgIpc) is 3.42. The lowest BCUT2D eigenvalue weighted by Crippen LogP contribution is -2.49. The van der Waals surface area contributed by atoms with E-state index >= 15 is 0 Å². The Kier molecular flexibility index (Phi) is 4.27. The number of carbonyl (C=O) groups excluding carboxylic acids is 3. The molecule has 6 nitrogen and oxygen atoms in total. The second-order valence-electron chi connectivity index (χ2n) is 7.96. The molecule has 1 aliphatic heterocycles. The van der Waals surface area contributed by atoms with Crippen LogP contribution >= 0.6 is 0 Å². The molecule has 0 radical (unpaired) electrons. The number of fused-ring (bicyclic) bond motifs is 5. The number of likely N-dealkylation sites (tertiary alicyclic amines) is 1. The summed E-state index contributed by atoms with van der Waals surface area (Å²) in [5.41, 5.74) is 0.896. The molecular formula is C23H21N3O3. The number of nitrogens with one attached hydrogen (secondary N) is 1. The van der Waals surface area contributed by atoms with E-state index in [0.717, 1.165) is 12.0 Å². The fourth-order valence-corrected chi connectivity index (χ4v) is 5.02. The minimum atomic E-state index is -0.899. The number of pyridine rings is 1. The van der Waals surface area contributed by atoms with Crippen LogP contribution in [0.5, 0.6) is 0 Å². The monoisotopic (exact) mass is 387 g/mol. The number of nitrogens with zero attached hydrogens (tertiary/aromatic N) is 2. The van der Waals surface area contributed by atoms with Gasteiger partial charge in [0.2, 0.25) is 17.7 Å². The smallest absolute Gasteiger partial charge is 0.249 e. The van der Waals surface area contributed by atoms with Crippen molar-refractivity contribution in [3.8, 4) is 0 Å². The van der Waals surface area contributed by atoms with Crippen LogP contribution in [0, 0.1) is 23.7 Å². The molecule has 5 rings (SSSR count). The quantitative estimate of drug-likeness (QED) is 0.631. The largest absolute Gasteiger partial charge is 0.309 e. The summed E-state index contributed by atoms with van der Waals surface area (Å²) in [5, 5.41) is 2.77. The van der Waals surface area contributed by atoms with Gasteiger partial charge in [-0.2, -0.15) is 0 Å². The molecule has 2 aliphatic carbocycles. The fraction of sp³-hybridized carbons (Fsp3) is 0.304. The van der Waals surface area contributed by atoms with Crippen molar-refractivity contribution < 1.29 is 14.4 Å². The highest BCUT2D eigenvalue weighted by Gasteiger charge is 2.61. The zero-order chi connectivity index (χ0) is 20.0. The van der Waals surface area contributed by atoms with Gasteiger partial charge in [0.25, 0.3) is 0 Å². The first kappa shape index (κ1) is 17.8. The third kappa shape index (κ3) is 2.95. The molecule has 2 fully saturated rings. The van der Waals surface area contributed by atoms with Gasteiger partial charge in [-0.15, -0.1) is 0 Å². The van der Waals surface area contributed by atoms with E-state index in [1.807, 2.05) is 30.3 Å². The molecule has 2 aromatic rings. The highest BCUT2D eigenvalue weighted by Crippen LogP contribution is 2.53. The molecule has 3 aliphatic rings. The SMILES string of the molecule is O=C(Nc1ccccn1)C(Cc1ccccc1)N1C(=O)C2C3C=CC(C3)C2C1=O. The third-order valence-electron chi connectivity index (χ3n) is 6.31. The number of rotatable bonds is 5. The summed E-state index contributed by atoms with van der Waals surface area (Å²) in [4.78, 5) is 45.0. The second kappa shape index (κ2) is 6.95. The van der Waals surface area contributed by atoms with Gasteiger partial charge in [-0.05, 0) is 36.0 Å². The lowest BCUT2D eigenvalue weighted by Gasteiger charge is -2.27. The molecule has 2 bridgehead atoms. The predicted octanol–water partition coefficient (Wildman–Crippen LogP) is 2.44. The van der Waals surface area contributed by atoms with Gasteiger partial charge in [-0.25, -0.2) is 4.98 Å². The normalized spacial score (nSPS) is 27.9. The number of allylic oxidation sites excluding steroid dienone is 2. The molecule has 6 heteroatoms. The van der Waals surface area contributed by atoms with Gasteiger partial charge in [0.1, 0.15) is 11.9 Å². The Morgan fingerprint density at radius 3 is 2.28 bits per heavy atom. The molecule has 29 heavy (non-hydrogen) atoms. The van der Waals surface area contributed by atoms with E-state index in [-0.39, 0.29) is 41.9 Å². The summed E-state index contributed by atoms with van der Waals surface area (Å²) in [7, 11) is 0. The Morgan fingerprint density at radius 2 is 1.66 bits per heavy atom. The fourth-order valence-electron chi connectivity index (χ4n) is 5.02. The minimum absolute atomic E-state index is 0.114. The first-order valence-electron chi connectivity index (χ1n) is 9.94. The number of amides is 3. The van der Waals surface area contributed by atoms with E-state index in [4.69, 9.17) is 0 Å². The number of hydrogen-bond acceptors (Lipinski definition) is 4. The first-order chi connectivity index (χ1) is 14.1. The number of aromatic nitrogens is 1. The maximum Gasteiger partial charge on any atom is 0.249 e. The molecule has 5 unspecified atom stereocenters. The number of imide groups is 1. The molecule has 1 aromatic heterocycles. The van der Waals surface area contributed by atoms with Gasteiger partial charge in [0.15, 0.2) is 0 Å². The van der Waals surface area contributed by atoms with Crippen LogP contribution in [0.2, 0.25) is 0 Å². The summed E-state index contributed by atoms with van der Waals surface area (Å²) in [6, 6.07) is 13.8. The van der Waals surface area contributed by atoms with Crippen molar-refractivity contribution in [3.05, 3.63) is 72.4 Å². The van der Waals surface area contributed by atoms with Crippen LogP contribution in [0.4, 0.5) is 5.82 Å². The number of benzene rings is 1. The van der Waals surface area contributed by atoms with Gasteiger partial charge in [0, 0.05) is 12.6 Å².